The van der Waals surface area contributed by atoms with E-state index in [0.717, 1.165) is 6.42 Å². The predicted octanol–water partition coefficient (Wildman–Crippen LogP) is 0.357. The molecule has 6 nitrogen and oxygen atoms in total. The van der Waals surface area contributed by atoms with Crippen LogP contribution in [0.3, 0.4) is 0 Å². The molecule has 0 aliphatic carbocycles. The number of amides is 1. The van der Waals surface area contributed by atoms with E-state index in [9.17, 15) is 9.59 Å². The Kier molecular flexibility index (Phi) is 9.22. The number of nitrogens with two attached hydrogens (primary N) is 1. The average molecular weight is 260 g/mol. The monoisotopic (exact) mass is 260 g/mol. The van der Waals surface area contributed by atoms with E-state index in [4.69, 9.17) is 15.6 Å². The maximum atomic E-state index is 11.5. The molecule has 2 atom stereocenters. The van der Waals surface area contributed by atoms with Gasteiger partial charge in [-0.25, -0.2) is 0 Å². The maximum absolute atomic E-state index is 11.5. The zero-order valence-corrected chi connectivity index (χ0v) is 11.1. The summed E-state index contributed by atoms with van der Waals surface area (Å²) < 4.78 is 4.84. The van der Waals surface area contributed by atoms with Crippen molar-refractivity contribution in [2.75, 3.05) is 20.3 Å². The zero-order valence-electron chi connectivity index (χ0n) is 11.1. The van der Waals surface area contributed by atoms with Crippen molar-refractivity contribution < 1.29 is 19.4 Å². The predicted molar refractivity (Wildman–Crippen MR) is 68.1 cm³/mol. The summed E-state index contributed by atoms with van der Waals surface area (Å²) in [7, 11) is 1.56. The van der Waals surface area contributed by atoms with Gasteiger partial charge in [-0.3, -0.25) is 9.59 Å². The van der Waals surface area contributed by atoms with E-state index in [-0.39, 0.29) is 18.2 Å². The highest BCUT2D eigenvalue weighted by Crippen LogP contribution is 2.09. The SMILES string of the molecule is COCCC(N)C(=O)NCCC(C)CCC(=O)O. The third-order valence-electron chi connectivity index (χ3n) is 2.76. The molecule has 0 spiro atoms. The van der Waals surface area contributed by atoms with Crippen molar-refractivity contribution in [3.8, 4) is 0 Å². The van der Waals surface area contributed by atoms with E-state index in [1.165, 1.54) is 0 Å². The van der Waals surface area contributed by atoms with Crippen molar-refractivity contribution in [3.63, 3.8) is 0 Å². The van der Waals surface area contributed by atoms with Gasteiger partial charge in [0.2, 0.25) is 5.91 Å². The van der Waals surface area contributed by atoms with Crippen LogP contribution in [-0.2, 0) is 14.3 Å². The summed E-state index contributed by atoms with van der Waals surface area (Å²) in [6.07, 6.45) is 2.05. The number of rotatable bonds is 10. The fourth-order valence-corrected chi connectivity index (χ4v) is 1.46. The molecule has 0 radical (unpaired) electrons. The molecule has 0 heterocycles. The number of methoxy groups -OCH3 is 1. The number of carbonyl (C=O) groups is 2. The minimum Gasteiger partial charge on any atom is -0.481 e. The van der Waals surface area contributed by atoms with Crippen molar-refractivity contribution in [3.05, 3.63) is 0 Å². The van der Waals surface area contributed by atoms with Gasteiger partial charge in [-0.1, -0.05) is 6.92 Å². The smallest absolute Gasteiger partial charge is 0.303 e. The third-order valence-corrected chi connectivity index (χ3v) is 2.76. The van der Waals surface area contributed by atoms with Gasteiger partial charge in [0.25, 0.3) is 0 Å². The standard InChI is InChI=1S/C12H24N2O4/c1-9(3-4-11(15)16)5-7-14-12(17)10(13)6-8-18-2/h9-10H,3-8,13H2,1-2H3,(H,14,17)(H,15,16). The Morgan fingerprint density at radius 2 is 2.00 bits per heavy atom. The van der Waals surface area contributed by atoms with Crippen molar-refractivity contribution in [2.24, 2.45) is 11.7 Å². The normalized spacial score (nSPS) is 13.9. The summed E-state index contributed by atoms with van der Waals surface area (Å²) in [5, 5.41) is 11.3. The molecule has 0 saturated carbocycles. The van der Waals surface area contributed by atoms with E-state index in [2.05, 4.69) is 5.32 Å². The molecule has 1 amide bonds. The molecule has 0 aliphatic heterocycles. The Labute approximate surface area is 108 Å². The van der Waals surface area contributed by atoms with Crippen molar-refractivity contribution in [1.29, 1.82) is 0 Å². The van der Waals surface area contributed by atoms with Crippen LogP contribution >= 0.6 is 0 Å². The van der Waals surface area contributed by atoms with Gasteiger partial charge in [-0.2, -0.15) is 0 Å². The second-order valence-electron chi connectivity index (χ2n) is 4.51. The van der Waals surface area contributed by atoms with Gasteiger partial charge in [0.1, 0.15) is 0 Å². The van der Waals surface area contributed by atoms with Gasteiger partial charge in [0, 0.05) is 26.7 Å². The molecule has 106 valence electrons. The first kappa shape index (κ1) is 16.9. The Morgan fingerprint density at radius 1 is 1.33 bits per heavy atom. The number of hydrogen-bond acceptors (Lipinski definition) is 4. The fraction of sp³-hybridized carbons (Fsp3) is 0.833. The number of carboxylic acid groups (broad SMARTS) is 1. The molecule has 0 aromatic heterocycles. The number of carbonyl (C=O) groups excluding carboxylic acids is 1. The van der Waals surface area contributed by atoms with E-state index in [1.807, 2.05) is 6.92 Å². The van der Waals surface area contributed by atoms with Gasteiger partial charge in [0.05, 0.1) is 6.04 Å². The highest BCUT2D eigenvalue weighted by atomic mass is 16.5. The summed E-state index contributed by atoms with van der Waals surface area (Å²) in [6, 6.07) is -0.542. The molecule has 6 heteroatoms. The first-order valence-corrected chi connectivity index (χ1v) is 6.21. The number of nitrogens with one attached hydrogen (secondary N) is 1. The van der Waals surface area contributed by atoms with Crippen LogP contribution in [0.15, 0.2) is 0 Å². The Bertz CT molecular complexity index is 258. The number of carboxylic acids is 1. The van der Waals surface area contributed by atoms with Gasteiger partial charge >= 0.3 is 5.97 Å². The first-order valence-electron chi connectivity index (χ1n) is 6.21. The van der Waals surface area contributed by atoms with E-state index in [1.54, 1.807) is 7.11 Å². The summed E-state index contributed by atoms with van der Waals surface area (Å²) in [5.41, 5.74) is 5.65. The average Bonchev–Trinajstić information content (AvgIpc) is 2.33. The number of ether oxygens (including phenoxy) is 1. The van der Waals surface area contributed by atoms with Crippen LogP contribution in [0, 0.1) is 5.92 Å². The molecular weight excluding hydrogens is 236 g/mol. The third kappa shape index (κ3) is 8.95. The van der Waals surface area contributed by atoms with Crippen LogP contribution in [0.1, 0.15) is 32.6 Å². The highest BCUT2D eigenvalue weighted by Gasteiger charge is 2.13. The van der Waals surface area contributed by atoms with Crippen LogP contribution in [0.25, 0.3) is 0 Å². The van der Waals surface area contributed by atoms with Crippen molar-refractivity contribution in [2.45, 2.75) is 38.6 Å². The molecule has 0 aliphatic rings. The second-order valence-corrected chi connectivity index (χ2v) is 4.51. The summed E-state index contributed by atoms with van der Waals surface area (Å²) >= 11 is 0. The Hall–Kier alpha value is -1.14. The molecule has 0 bridgehead atoms. The van der Waals surface area contributed by atoms with Gasteiger partial charge < -0.3 is 20.9 Å². The first-order chi connectivity index (χ1) is 8.47. The summed E-state index contributed by atoms with van der Waals surface area (Å²) in [5.74, 6) is -0.693. The topological polar surface area (TPSA) is 102 Å². The molecule has 0 aromatic rings. The molecule has 2 unspecified atom stereocenters. The van der Waals surface area contributed by atoms with Gasteiger partial charge in [0.15, 0.2) is 0 Å². The fourth-order valence-electron chi connectivity index (χ4n) is 1.46. The maximum Gasteiger partial charge on any atom is 0.303 e. The van der Waals surface area contributed by atoms with Crippen molar-refractivity contribution >= 4 is 11.9 Å². The number of aliphatic carboxylic acids is 1. The van der Waals surface area contributed by atoms with Gasteiger partial charge in [-0.15, -0.1) is 0 Å². The zero-order chi connectivity index (χ0) is 14.0. The van der Waals surface area contributed by atoms with E-state index < -0.39 is 12.0 Å². The lowest BCUT2D eigenvalue weighted by atomic mass is 10.0. The molecular formula is C12H24N2O4. The summed E-state index contributed by atoms with van der Waals surface area (Å²) in [4.78, 5) is 21.9. The molecule has 0 saturated heterocycles. The van der Waals surface area contributed by atoms with E-state index in [0.29, 0.717) is 26.0 Å². The Balaban J connectivity index is 3.63. The minimum absolute atomic E-state index is 0.169. The van der Waals surface area contributed by atoms with Crippen LogP contribution in [0.2, 0.25) is 0 Å². The lowest BCUT2D eigenvalue weighted by molar-refractivity contribution is -0.137. The Morgan fingerprint density at radius 3 is 2.56 bits per heavy atom. The highest BCUT2D eigenvalue weighted by molar-refractivity contribution is 5.81. The van der Waals surface area contributed by atoms with Crippen LogP contribution < -0.4 is 11.1 Å². The molecule has 18 heavy (non-hydrogen) atoms. The quantitative estimate of drug-likeness (QED) is 0.526. The summed E-state index contributed by atoms with van der Waals surface area (Å²) in [6.45, 7) is 2.96. The van der Waals surface area contributed by atoms with Crippen molar-refractivity contribution in [1.82, 2.24) is 5.32 Å². The lowest BCUT2D eigenvalue weighted by Crippen LogP contribution is -2.41. The van der Waals surface area contributed by atoms with Crippen LogP contribution in [-0.4, -0.2) is 43.3 Å². The largest absolute Gasteiger partial charge is 0.481 e. The number of hydrogen-bond donors (Lipinski definition) is 3. The van der Waals surface area contributed by atoms with Crippen LogP contribution in [0.5, 0.6) is 0 Å². The second kappa shape index (κ2) is 9.85. The lowest BCUT2D eigenvalue weighted by Gasteiger charge is -2.14. The molecule has 0 rings (SSSR count). The molecule has 4 N–H and O–H groups in total. The van der Waals surface area contributed by atoms with Crippen LogP contribution in [0.4, 0.5) is 0 Å². The van der Waals surface area contributed by atoms with E-state index >= 15 is 0 Å². The molecule has 0 fully saturated rings. The minimum atomic E-state index is -0.785. The van der Waals surface area contributed by atoms with Gasteiger partial charge in [-0.05, 0) is 25.2 Å². The molecule has 0 aromatic carbocycles.